The van der Waals surface area contributed by atoms with Gasteiger partial charge in [-0.05, 0) is 26.2 Å². The summed E-state index contributed by atoms with van der Waals surface area (Å²) >= 11 is 0. The molecule has 0 aromatic heterocycles. The van der Waals surface area contributed by atoms with Crippen LogP contribution < -0.4 is 0 Å². The van der Waals surface area contributed by atoms with Gasteiger partial charge in [-0.3, -0.25) is 0 Å². The number of hydrogen-bond acceptors (Lipinski definition) is 1. The van der Waals surface area contributed by atoms with Crippen molar-refractivity contribution >= 4 is 0 Å². The second-order valence-corrected chi connectivity index (χ2v) is 2.83. The highest BCUT2D eigenvalue weighted by Gasteiger charge is 2.18. The first-order valence-corrected chi connectivity index (χ1v) is 3.84. The van der Waals surface area contributed by atoms with Crippen LogP contribution in [-0.4, -0.2) is 12.7 Å². The number of ether oxygens (including phenoxy) is 1. The lowest BCUT2D eigenvalue weighted by Gasteiger charge is -2.25. The number of allylic oxidation sites excluding steroid dienone is 1. The van der Waals surface area contributed by atoms with Crippen LogP contribution in [0.3, 0.4) is 0 Å². The van der Waals surface area contributed by atoms with Gasteiger partial charge >= 0.3 is 0 Å². The lowest BCUT2D eigenvalue weighted by Crippen LogP contribution is -2.25. The molecule has 0 bridgehead atoms. The van der Waals surface area contributed by atoms with E-state index >= 15 is 0 Å². The minimum atomic E-state index is 0.0637. The van der Waals surface area contributed by atoms with Crippen molar-refractivity contribution in [1.82, 2.24) is 0 Å². The molecule has 1 heteroatoms. The van der Waals surface area contributed by atoms with Crippen molar-refractivity contribution in [3.63, 3.8) is 0 Å². The van der Waals surface area contributed by atoms with Gasteiger partial charge < -0.3 is 4.74 Å². The predicted molar refractivity (Wildman–Crippen MR) is 45.1 cm³/mol. The van der Waals surface area contributed by atoms with Crippen LogP contribution in [-0.2, 0) is 4.74 Å². The van der Waals surface area contributed by atoms with Gasteiger partial charge in [-0.2, -0.15) is 0 Å². The van der Waals surface area contributed by atoms with Crippen molar-refractivity contribution in [2.75, 3.05) is 7.11 Å². The summed E-state index contributed by atoms with van der Waals surface area (Å²) in [6.45, 7) is 7.96. The summed E-state index contributed by atoms with van der Waals surface area (Å²) in [5.74, 6) is 0. The highest BCUT2D eigenvalue weighted by molar-refractivity contribution is 4.77. The van der Waals surface area contributed by atoms with Crippen LogP contribution in [0.5, 0.6) is 0 Å². The molecule has 0 saturated heterocycles. The van der Waals surface area contributed by atoms with E-state index in [1.54, 1.807) is 7.11 Å². The Morgan fingerprint density at radius 3 is 2.50 bits per heavy atom. The van der Waals surface area contributed by atoms with Crippen LogP contribution in [0.1, 0.15) is 33.1 Å². The van der Waals surface area contributed by atoms with Gasteiger partial charge in [-0.25, -0.2) is 0 Å². The first-order chi connectivity index (χ1) is 4.68. The zero-order valence-electron chi connectivity index (χ0n) is 7.31. The lowest BCUT2D eigenvalue weighted by atomic mass is 9.97. The van der Waals surface area contributed by atoms with Crippen molar-refractivity contribution in [3.8, 4) is 0 Å². The molecular formula is C9H18O. The fourth-order valence-corrected chi connectivity index (χ4v) is 0.831. The fourth-order valence-electron chi connectivity index (χ4n) is 0.831. The van der Waals surface area contributed by atoms with E-state index in [1.807, 2.05) is 6.08 Å². The molecule has 1 nitrogen and oxygen atoms in total. The molecule has 1 unspecified atom stereocenters. The maximum Gasteiger partial charge on any atom is 0.0651 e. The van der Waals surface area contributed by atoms with E-state index in [9.17, 15) is 0 Å². The average molecular weight is 142 g/mol. The summed E-state index contributed by atoms with van der Waals surface area (Å²) < 4.78 is 5.34. The standard InChI is InChI=1S/C9H18O/c1-5-7-8-9(3,6-2)10-4/h5H,1,6-8H2,2-4H3. The van der Waals surface area contributed by atoms with Gasteiger partial charge in [0.15, 0.2) is 0 Å². The zero-order chi connectivity index (χ0) is 8.04. The molecule has 60 valence electrons. The van der Waals surface area contributed by atoms with Crippen LogP contribution in [0, 0.1) is 0 Å². The second-order valence-electron chi connectivity index (χ2n) is 2.83. The fraction of sp³-hybridized carbons (Fsp3) is 0.778. The van der Waals surface area contributed by atoms with Gasteiger partial charge in [-0.15, -0.1) is 6.58 Å². The Balaban J connectivity index is 3.68. The summed E-state index contributed by atoms with van der Waals surface area (Å²) in [6, 6.07) is 0. The van der Waals surface area contributed by atoms with Gasteiger partial charge in [0.2, 0.25) is 0 Å². The van der Waals surface area contributed by atoms with Crippen molar-refractivity contribution in [2.24, 2.45) is 0 Å². The Kier molecular flexibility index (Phi) is 4.37. The van der Waals surface area contributed by atoms with Crippen LogP contribution >= 0.6 is 0 Å². The monoisotopic (exact) mass is 142 g/mol. The Morgan fingerprint density at radius 1 is 1.60 bits per heavy atom. The summed E-state index contributed by atoms with van der Waals surface area (Å²) in [5, 5.41) is 0. The Hall–Kier alpha value is -0.300. The summed E-state index contributed by atoms with van der Waals surface area (Å²) in [7, 11) is 1.77. The third-order valence-corrected chi connectivity index (χ3v) is 2.12. The Bertz CT molecular complexity index is 92.9. The van der Waals surface area contributed by atoms with Crippen molar-refractivity contribution in [1.29, 1.82) is 0 Å². The molecular weight excluding hydrogens is 124 g/mol. The van der Waals surface area contributed by atoms with Crippen LogP contribution in [0.4, 0.5) is 0 Å². The first-order valence-electron chi connectivity index (χ1n) is 3.84. The Labute approximate surface area is 64.1 Å². The maximum atomic E-state index is 5.34. The van der Waals surface area contributed by atoms with E-state index in [0.29, 0.717) is 0 Å². The molecule has 0 radical (unpaired) electrons. The number of methoxy groups -OCH3 is 1. The zero-order valence-corrected chi connectivity index (χ0v) is 7.31. The lowest BCUT2D eigenvalue weighted by molar-refractivity contribution is -0.00338. The normalized spacial score (nSPS) is 16.3. The van der Waals surface area contributed by atoms with Crippen molar-refractivity contribution in [3.05, 3.63) is 12.7 Å². The summed E-state index contributed by atoms with van der Waals surface area (Å²) in [6.07, 6.45) is 5.12. The first kappa shape index (κ1) is 9.70. The summed E-state index contributed by atoms with van der Waals surface area (Å²) in [5.41, 5.74) is 0.0637. The van der Waals surface area contributed by atoms with Gasteiger partial charge in [0.25, 0.3) is 0 Å². The van der Waals surface area contributed by atoms with Crippen LogP contribution in [0.2, 0.25) is 0 Å². The smallest absolute Gasteiger partial charge is 0.0651 e. The molecule has 0 aromatic rings. The third-order valence-electron chi connectivity index (χ3n) is 2.12. The largest absolute Gasteiger partial charge is 0.379 e. The van der Waals surface area contributed by atoms with E-state index in [1.165, 1.54) is 0 Å². The topological polar surface area (TPSA) is 9.23 Å². The van der Waals surface area contributed by atoms with E-state index in [-0.39, 0.29) is 5.60 Å². The minimum Gasteiger partial charge on any atom is -0.379 e. The minimum absolute atomic E-state index is 0.0637. The van der Waals surface area contributed by atoms with Crippen LogP contribution in [0.25, 0.3) is 0 Å². The van der Waals surface area contributed by atoms with E-state index < -0.39 is 0 Å². The van der Waals surface area contributed by atoms with Gasteiger partial charge in [0.1, 0.15) is 0 Å². The quantitative estimate of drug-likeness (QED) is 0.536. The molecule has 0 heterocycles. The average Bonchev–Trinajstić information content (AvgIpc) is 2.00. The molecule has 0 amide bonds. The van der Waals surface area contributed by atoms with Crippen LogP contribution in [0.15, 0.2) is 12.7 Å². The molecule has 0 fully saturated rings. The Morgan fingerprint density at radius 2 is 2.20 bits per heavy atom. The van der Waals surface area contributed by atoms with Crippen molar-refractivity contribution < 1.29 is 4.74 Å². The second kappa shape index (κ2) is 4.51. The SMILES string of the molecule is C=CCCC(C)(CC)OC. The van der Waals surface area contributed by atoms with Gasteiger partial charge in [-0.1, -0.05) is 13.0 Å². The molecule has 0 aliphatic rings. The van der Waals surface area contributed by atoms with E-state index in [4.69, 9.17) is 4.74 Å². The third kappa shape index (κ3) is 3.02. The molecule has 0 rings (SSSR count). The van der Waals surface area contributed by atoms with Crippen molar-refractivity contribution in [2.45, 2.75) is 38.7 Å². The molecule has 0 aliphatic heterocycles. The number of rotatable bonds is 5. The molecule has 0 spiro atoms. The highest BCUT2D eigenvalue weighted by atomic mass is 16.5. The van der Waals surface area contributed by atoms with Gasteiger partial charge in [0, 0.05) is 7.11 Å². The van der Waals surface area contributed by atoms with Gasteiger partial charge in [0.05, 0.1) is 5.60 Å². The predicted octanol–water partition coefficient (Wildman–Crippen LogP) is 2.77. The molecule has 0 aliphatic carbocycles. The summed E-state index contributed by atoms with van der Waals surface area (Å²) in [4.78, 5) is 0. The molecule has 1 atom stereocenters. The number of hydrogen-bond donors (Lipinski definition) is 0. The molecule has 10 heavy (non-hydrogen) atoms. The molecule has 0 aromatic carbocycles. The molecule has 0 N–H and O–H groups in total. The highest BCUT2D eigenvalue weighted by Crippen LogP contribution is 2.20. The molecule has 0 saturated carbocycles. The van der Waals surface area contributed by atoms with E-state index in [2.05, 4.69) is 20.4 Å². The maximum absolute atomic E-state index is 5.34. The van der Waals surface area contributed by atoms with E-state index in [0.717, 1.165) is 19.3 Å².